The van der Waals surface area contributed by atoms with Crippen molar-refractivity contribution in [2.75, 3.05) is 39.3 Å². The summed E-state index contributed by atoms with van der Waals surface area (Å²) < 4.78 is 5.78. The maximum atomic E-state index is 12.6. The highest BCUT2D eigenvalue weighted by atomic mass is 16.6. The lowest BCUT2D eigenvalue weighted by Gasteiger charge is -2.36. The third-order valence-electron chi connectivity index (χ3n) is 6.60. The zero-order valence-electron chi connectivity index (χ0n) is 16.1. The Morgan fingerprint density at radius 3 is 2.67 bits per heavy atom. The van der Waals surface area contributed by atoms with Crippen molar-refractivity contribution in [1.82, 2.24) is 14.8 Å². The van der Waals surface area contributed by atoms with Gasteiger partial charge in [-0.3, -0.25) is 14.7 Å². The van der Waals surface area contributed by atoms with Crippen LogP contribution < -0.4 is 0 Å². The Morgan fingerprint density at radius 2 is 1.96 bits per heavy atom. The van der Waals surface area contributed by atoms with Gasteiger partial charge in [0.15, 0.2) is 0 Å². The molecule has 0 aliphatic carbocycles. The zero-order valence-corrected chi connectivity index (χ0v) is 16.1. The number of hydrogen-bond donors (Lipinski definition) is 1. The Bertz CT molecular complexity index is 623. The van der Waals surface area contributed by atoms with Gasteiger partial charge < -0.3 is 14.7 Å². The van der Waals surface area contributed by atoms with Crippen molar-refractivity contribution in [2.24, 2.45) is 5.41 Å². The molecule has 0 radical (unpaired) electrons. The number of aliphatic hydroxyl groups is 1. The van der Waals surface area contributed by atoms with Crippen LogP contribution in [0.1, 0.15) is 37.7 Å². The molecule has 4 heterocycles. The fourth-order valence-electron chi connectivity index (χ4n) is 4.78. The number of ether oxygens (including phenoxy) is 1. The lowest BCUT2D eigenvalue weighted by atomic mass is 9.76. The van der Waals surface area contributed by atoms with Gasteiger partial charge in [0.25, 0.3) is 0 Å². The van der Waals surface area contributed by atoms with Gasteiger partial charge >= 0.3 is 5.97 Å². The van der Waals surface area contributed by atoms with Crippen LogP contribution in [0.15, 0.2) is 24.5 Å². The summed E-state index contributed by atoms with van der Waals surface area (Å²) in [5.74, 6) is 0.0245. The Balaban J connectivity index is 1.24. The van der Waals surface area contributed by atoms with Crippen LogP contribution in [0.2, 0.25) is 0 Å². The van der Waals surface area contributed by atoms with Gasteiger partial charge in [0, 0.05) is 45.0 Å². The maximum Gasteiger partial charge on any atom is 0.312 e. The molecule has 148 valence electrons. The van der Waals surface area contributed by atoms with E-state index < -0.39 is 0 Å². The zero-order chi connectivity index (χ0) is 18.7. The first-order chi connectivity index (χ1) is 13.1. The number of likely N-dealkylation sites (tertiary alicyclic amines) is 2. The SMILES string of the molecule is O=C1OC(CN2CCC(O)CC2)CC12CCN(CCc1cccnc1)CC2. The predicted octanol–water partition coefficient (Wildman–Crippen LogP) is 1.48. The molecular weight excluding hydrogens is 342 g/mol. The lowest BCUT2D eigenvalue weighted by molar-refractivity contribution is -0.151. The highest BCUT2D eigenvalue weighted by Crippen LogP contribution is 2.43. The Morgan fingerprint density at radius 1 is 1.19 bits per heavy atom. The minimum absolute atomic E-state index is 0.0229. The van der Waals surface area contributed by atoms with Crippen LogP contribution in [0.5, 0.6) is 0 Å². The third-order valence-corrected chi connectivity index (χ3v) is 6.60. The van der Waals surface area contributed by atoms with E-state index in [9.17, 15) is 9.90 Å². The van der Waals surface area contributed by atoms with Gasteiger partial charge in [-0.25, -0.2) is 0 Å². The first kappa shape index (κ1) is 18.8. The molecular formula is C21H31N3O3. The van der Waals surface area contributed by atoms with E-state index in [4.69, 9.17) is 4.74 Å². The Kier molecular flexibility index (Phi) is 5.76. The van der Waals surface area contributed by atoms with Crippen molar-refractivity contribution in [1.29, 1.82) is 0 Å². The second kappa shape index (κ2) is 8.25. The number of nitrogens with zero attached hydrogens (tertiary/aromatic N) is 3. The maximum absolute atomic E-state index is 12.6. The molecule has 1 unspecified atom stereocenters. The normalized spacial score (nSPS) is 27.1. The van der Waals surface area contributed by atoms with E-state index in [-0.39, 0.29) is 23.6 Å². The molecule has 3 fully saturated rings. The molecule has 0 aromatic carbocycles. The molecule has 0 amide bonds. The van der Waals surface area contributed by atoms with Crippen LogP contribution in [0, 0.1) is 5.41 Å². The standard InChI is InChI=1S/C21H31N3O3/c25-18-4-10-24(11-5-18)16-19-14-21(20(26)27-19)6-12-23(13-7-21)9-3-17-2-1-8-22-15-17/h1-2,8,15,18-19,25H,3-7,9-14,16H2. The summed E-state index contributed by atoms with van der Waals surface area (Å²) in [5.41, 5.74) is 1.01. The summed E-state index contributed by atoms with van der Waals surface area (Å²) in [6.07, 6.45) is 8.96. The largest absolute Gasteiger partial charge is 0.461 e. The number of piperidine rings is 2. The van der Waals surface area contributed by atoms with E-state index in [0.29, 0.717) is 0 Å². The highest BCUT2D eigenvalue weighted by molar-refractivity contribution is 5.79. The molecule has 0 saturated carbocycles. The van der Waals surface area contributed by atoms with Crippen LogP contribution in [-0.4, -0.2) is 77.3 Å². The molecule has 1 N–H and O–H groups in total. The summed E-state index contributed by atoms with van der Waals surface area (Å²) in [5, 5.41) is 9.65. The predicted molar refractivity (Wildman–Crippen MR) is 102 cm³/mol. The van der Waals surface area contributed by atoms with E-state index in [0.717, 1.165) is 77.8 Å². The first-order valence-electron chi connectivity index (χ1n) is 10.4. The summed E-state index contributed by atoms with van der Waals surface area (Å²) in [6.45, 7) is 5.60. The summed E-state index contributed by atoms with van der Waals surface area (Å²) >= 11 is 0. The number of cyclic esters (lactones) is 1. The number of carbonyl (C=O) groups excluding carboxylic acids is 1. The van der Waals surface area contributed by atoms with Crippen LogP contribution in [-0.2, 0) is 16.0 Å². The number of hydrogen-bond acceptors (Lipinski definition) is 6. The van der Waals surface area contributed by atoms with Gasteiger partial charge in [0.2, 0.25) is 0 Å². The van der Waals surface area contributed by atoms with E-state index in [2.05, 4.69) is 20.9 Å². The van der Waals surface area contributed by atoms with Crippen molar-refractivity contribution in [3.63, 3.8) is 0 Å². The molecule has 3 aliphatic rings. The van der Waals surface area contributed by atoms with Crippen LogP contribution in [0.4, 0.5) is 0 Å². The van der Waals surface area contributed by atoms with Crippen LogP contribution in [0.3, 0.4) is 0 Å². The van der Waals surface area contributed by atoms with Gasteiger partial charge in [0.05, 0.1) is 11.5 Å². The Labute approximate surface area is 161 Å². The minimum atomic E-state index is -0.259. The third kappa shape index (κ3) is 4.50. The fourth-order valence-corrected chi connectivity index (χ4v) is 4.78. The number of esters is 1. The van der Waals surface area contributed by atoms with Crippen molar-refractivity contribution in [3.05, 3.63) is 30.1 Å². The molecule has 4 rings (SSSR count). The minimum Gasteiger partial charge on any atom is -0.461 e. The first-order valence-corrected chi connectivity index (χ1v) is 10.4. The fraction of sp³-hybridized carbons (Fsp3) is 0.714. The van der Waals surface area contributed by atoms with Gasteiger partial charge in [-0.2, -0.15) is 0 Å². The van der Waals surface area contributed by atoms with Gasteiger partial charge in [0.1, 0.15) is 6.10 Å². The van der Waals surface area contributed by atoms with Crippen molar-refractivity contribution in [2.45, 2.75) is 50.7 Å². The molecule has 1 aromatic heterocycles. The van der Waals surface area contributed by atoms with E-state index in [1.54, 1.807) is 0 Å². The van der Waals surface area contributed by atoms with Crippen molar-refractivity contribution >= 4 is 5.97 Å². The van der Waals surface area contributed by atoms with E-state index in [1.165, 1.54) is 5.56 Å². The van der Waals surface area contributed by atoms with Crippen molar-refractivity contribution in [3.8, 4) is 0 Å². The molecule has 3 aliphatic heterocycles. The molecule has 6 heteroatoms. The molecule has 1 spiro atoms. The summed E-state index contributed by atoms with van der Waals surface area (Å²) in [4.78, 5) is 21.6. The van der Waals surface area contributed by atoms with Gasteiger partial charge in [-0.1, -0.05) is 6.07 Å². The van der Waals surface area contributed by atoms with Crippen LogP contribution in [0.25, 0.3) is 0 Å². The number of rotatable bonds is 5. The van der Waals surface area contributed by atoms with Crippen LogP contribution >= 0.6 is 0 Å². The number of aromatic nitrogens is 1. The molecule has 3 saturated heterocycles. The Hall–Kier alpha value is -1.50. The number of pyridine rings is 1. The van der Waals surface area contributed by atoms with E-state index >= 15 is 0 Å². The quantitative estimate of drug-likeness (QED) is 0.789. The van der Waals surface area contributed by atoms with Gasteiger partial charge in [-0.15, -0.1) is 0 Å². The van der Waals surface area contributed by atoms with E-state index in [1.807, 2.05) is 18.5 Å². The average molecular weight is 373 g/mol. The molecule has 27 heavy (non-hydrogen) atoms. The monoisotopic (exact) mass is 373 g/mol. The molecule has 1 aromatic rings. The second-order valence-electron chi connectivity index (χ2n) is 8.50. The topological polar surface area (TPSA) is 65.9 Å². The molecule has 6 nitrogen and oxygen atoms in total. The summed E-state index contributed by atoms with van der Waals surface area (Å²) in [7, 11) is 0. The molecule has 1 atom stereocenters. The smallest absolute Gasteiger partial charge is 0.312 e. The lowest BCUT2D eigenvalue weighted by Crippen LogP contribution is -2.43. The molecule has 0 bridgehead atoms. The summed E-state index contributed by atoms with van der Waals surface area (Å²) in [6, 6.07) is 4.11. The van der Waals surface area contributed by atoms with Crippen molar-refractivity contribution < 1.29 is 14.6 Å². The highest BCUT2D eigenvalue weighted by Gasteiger charge is 2.50. The second-order valence-corrected chi connectivity index (χ2v) is 8.50. The number of aliphatic hydroxyl groups excluding tert-OH is 1. The average Bonchev–Trinajstić information content (AvgIpc) is 2.99. The number of carbonyl (C=O) groups is 1. The van der Waals surface area contributed by atoms with Gasteiger partial charge in [-0.05, 0) is 56.8 Å².